The van der Waals surface area contributed by atoms with Crippen LogP contribution in [0.1, 0.15) is 18.9 Å². The molecule has 1 heterocycles. The quantitative estimate of drug-likeness (QED) is 0.409. The van der Waals surface area contributed by atoms with E-state index in [4.69, 9.17) is 9.47 Å². The van der Waals surface area contributed by atoms with Crippen LogP contribution in [0.2, 0.25) is 0 Å². The third-order valence-corrected chi connectivity index (χ3v) is 3.42. The Morgan fingerprint density at radius 3 is 2.62 bits per heavy atom. The molecule has 0 radical (unpaired) electrons. The maximum Gasteiger partial charge on any atom is 0.219 e. The second kappa shape index (κ2) is 11.0. The second-order valence-corrected chi connectivity index (χ2v) is 5.53. The summed E-state index contributed by atoms with van der Waals surface area (Å²) in [5.74, 6) is 1.45. The molecule has 0 atom stereocenters. The van der Waals surface area contributed by atoms with Crippen molar-refractivity contribution in [1.29, 1.82) is 0 Å². The number of pyridine rings is 1. The number of hydrogen-bond acceptors (Lipinski definition) is 4. The van der Waals surface area contributed by atoms with Crippen molar-refractivity contribution >= 4 is 5.96 Å². The molecular weight excluding hydrogens is 335 g/mol. The molecule has 0 fully saturated rings. The van der Waals surface area contributed by atoms with Gasteiger partial charge < -0.3 is 20.1 Å². The lowest BCUT2D eigenvalue weighted by molar-refractivity contribution is 0.195. The molecular formula is C19H25FN4O2. The molecule has 140 valence electrons. The third kappa shape index (κ3) is 7.06. The Morgan fingerprint density at radius 1 is 1.15 bits per heavy atom. The highest BCUT2D eigenvalue weighted by Gasteiger charge is 2.01. The molecule has 2 N–H and O–H groups in total. The molecule has 1 aromatic heterocycles. The van der Waals surface area contributed by atoms with Crippen LogP contribution in [0.15, 0.2) is 47.6 Å². The number of aliphatic imine (C=N–C) groups is 1. The van der Waals surface area contributed by atoms with Crippen LogP contribution in [0, 0.1) is 5.82 Å². The van der Waals surface area contributed by atoms with Crippen molar-refractivity contribution < 1.29 is 13.9 Å². The first-order chi connectivity index (χ1) is 12.7. The number of aromatic nitrogens is 1. The molecule has 7 heteroatoms. The van der Waals surface area contributed by atoms with Gasteiger partial charge in [0.1, 0.15) is 11.6 Å². The lowest BCUT2D eigenvalue weighted by atomic mass is 10.3. The van der Waals surface area contributed by atoms with Crippen LogP contribution in [0.5, 0.6) is 11.6 Å². The van der Waals surface area contributed by atoms with Gasteiger partial charge in [0, 0.05) is 39.1 Å². The fourth-order valence-corrected chi connectivity index (χ4v) is 2.12. The van der Waals surface area contributed by atoms with E-state index in [0.717, 1.165) is 31.0 Å². The Balaban J connectivity index is 1.88. The zero-order valence-corrected chi connectivity index (χ0v) is 15.2. The van der Waals surface area contributed by atoms with E-state index >= 15 is 0 Å². The predicted octanol–water partition coefficient (Wildman–Crippen LogP) is 3.10. The molecule has 6 nitrogen and oxygen atoms in total. The van der Waals surface area contributed by atoms with Gasteiger partial charge in [-0.3, -0.25) is 0 Å². The van der Waals surface area contributed by atoms with E-state index in [1.165, 1.54) is 12.1 Å². The molecule has 0 spiro atoms. The van der Waals surface area contributed by atoms with Crippen LogP contribution in [0.25, 0.3) is 0 Å². The summed E-state index contributed by atoms with van der Waals surface area (Å²) in [6.07, 6.45) is 2.63. The van der Waals surface area contributed by atoms with Crippen molar-refractivity contribution in [2.45, 2.75) is 19.9 Å². The molecule has 26 heavy (non-hydrogen) atoms. The molecule has 0 unspecified atom stereocenters. The highest BCUT2D eigenvalue weighted by Crippen LogP contribution is 2.19. The van der Waals surface area contributed by atoms with E-state index in [9.17, 15) is 4.39 Å². The van der Waals surface area contributed by atoms with Crippen LogP contribution < -0.4 is 15.4 Å². The molecule has 0 saturated carbocycles. The van der Waals surface area contributed by atoms with Gasteiger partial charge in [0.25, 0.3) is 0 Å². The lowest BCUT2D eigenvalue weighted by Crippen LogP contribution is -2.38. The second-order valence-electron chi connectivity index (χ2n) is 5.53. The van der Waals surface area contributed by atoms with Gasteiger partial charge in [-0.25, -0.2) is 14.4 Å². The number of hydrogen-bond donors (Lipinski definition) is 2. The summed E-state index contributed by atoms with van der Waals surface area (Å²) >= 11 is 0. The smallest absolute Gasteiger partial charge is 0.219 e. The summed E-state index contributed by atoms with van der Waals surface area (Å²) in [6.45, 7) is 4.83. The summed E-state index contributed by atoms with van der Waals surface area (Å²) < 4.78 is 23.5. The Morgan fingerprint density at radius 2 is 1.96 bits per heavy atom. The summed E-state index contributed by atoms with van der Waals surface area (Å²) in [6, 6.07) is 9.50. The van der Waals surface area contributed by atoms with Crippen molar-refractivity contribution in [3.8, 4) is 11.6 Å². The number of nitrogens with zero attached hydrogens (tertiary/aromatic N) is 2. The Labute approximate surface area is 153 Å². The minimum absolute atomic E-state index is 0.300. The van der Waals surface area contributed by atoms with Gasteiger partial charge in [0.05, 0.1) is 6.54 Å². The normalized spacial score (nSPS) is 11.3. The van der Waals surface area contributed by atoms with E-state index < -0.39 is 0 Å². The van der Waals surface area contributed by atoms with Gasteiger partial charge in [-0.15, -0.1) is 0 Å². The van der Waals surface area contributed by atoms with Crippen molar-refractivity contribution in [2.75, 3.05) is 26.8 Å². The number of rotatable bonds is 9. The number of ether oxygens (including phenoxy) is 2. The van der Waals surface area contributed by atoms with Gasteiger partial charge in [0.2, 0.25) is 5.88 Å². The molecule has 0 amide bonds. The van der Waals surface area contributed by atoms with E-state index in [1.807, 2.05) is 13.0 Å². The number of benzene rings is 1. The van der Waals surface area contributed by atoms with Crippen LogP contribution >= 0.6 is 0 Å². The van der Waals surface area contributed by atoms with Crippen LogP contribution in [0.3, 0.4) is 0 Å². The average Bonchev–Trinajstić information content (AvgIpc) is 2.66. The molecule has 0 aliphatic carbocycles. The topological polar surface area (TPSA) is 67.8 Å². The molecule has 2 rings (SSSR count). The van der Waals surface area contributed by atoms with Crippen LogP contribution in [-0.2, 0) is 11.3 Å². The van der Waals surface area contributed by atoms with E-state index in [-0.39, 0.29) is 5.82 Å². The van der Waals surface area contributed by atoms with Gasteiger partial charge in [-0.1, -0.05) is 6.07 Å². The standard InChI is InChI=1S/C19H25FN4O2/c1-3-21-19(22-11-4-12-25-2)24-14-15-5-10-18(23-13-15)26-17-8-6-16(20)7-9-17/h5-10,13H,3-4,11-12,14H2,1-2H3,(H2,21,22,24). The minimum Gasteiger partial charge on any atom is -0.439 e. The van der Waals surface area contributed by atoms with Crippen molar-refractivity contribution in [2.24, 2.45) is 4.99 Å². The van der Waals surface area contributed by atoms with Crippen LogP contribution in [-0.4, -0.2) is 37.7 Å². The first kappa shape index (κ1) is 19.7. The maximum absolute atomic E-state index is 12.9. The molecule has 0 aliphatic rings. The van der Waals surface area contributed by atoms with Crippen molar-refractivity contribution in [3.63, 3.8) is 0 Å². The zero-order valence-electron chi connectivity index (χ0n) is 15.2. The van der Waals surface area contributed by atoms with Gasteiger partial charge >= 0.3 is 0 Å². The van der Waals surface area contributed by atoms with E-state index in [2.05, 4.69) is 20.6 Å². The first-order valence-electron chi connectivity index (χ1n) is 8.60. The molecule has 2 aromatic rings. The molecule has 0 aliphatic heterocycles. The molecule has 1 aromatic carbocycles. The largest absolute Gasteiger partial charge is 0.439 e. The monoisotopic (exact) mass is 360 g/mol. The average molecular weight is 360 g/mol. The zero-order chi connectivity index (χ0) is 18.6. The number of halogens is 1. The fraction of sp³-hybridized carbons (Fsp3) is 0.368. The molecule has 0 bridgehead atoms. The SMILES string of the molecule is CCNC(=NCc1ccc(Oc2ccc(F)cc2)nc1)NCCCOC. The van der Waals surface area contributed by atoms with Gasteiger partial charge in [-0.05, 0) is 43.2 Å². The highest BCUT2D eigenvalue weighted by atomic mass is 19.1. The minimum atomic E-state index is -0.300. The summed E-state index contributed by atoms with van der Waals surface area (Å²) in [5.41, 5.74) is 0.963. The molecule has 0 saturated heterocycles. The van der Waals surface area contributed by atoms with Crippen LogP contribution in [0.4, 0.5) is 4.39 Å². The van der Waals surface area contributed by atoms with E-state index in [1.54, 1.807) is 31.5 Å². The fourth-order valence-electron chi connectivity index (χ4n) is 2.12. The summed E-state index contributed by atoms with van der Waals surface area (Å²) in [5, 5.41) is 6.46. The highest BCUT2D eigenvalue weighted by molar-refractivity contribution is 5.79. The number of methoxy groups -OCH3 is 1. The Bertz CT molecular complexity index is 675. The number of nitrogens with one attached hydrogen (secondary N) is 2. The summed E-state index contributed by atoms with van der Waals surface area (Å²) in [7, 11) is 1.69. The maximum atomic E-state index is 12.9. The Kier molecular flexibility index (Phi) is 8.35. The van der Waals surface area contributed by atoms with Gasteiger partial charge in [0.15, 0.2) is 5.96 Å². The van der Waals surface area contributed by atoms with E-state index in [0.29, 0.717) is 24.8 Å². The summed E-state index contributed by atoms with van der Waals surface area (Å²) in [4.78, 5) is 8.80. The first-order valence-corrected chi connectivity index (χ1v) is 8.60. The van der Waals surface area contributed by atoms with Crippen molar-refractivity contribution in [3.05, 3.63) is 54.0 Å². The lowest BCUT2D eigenvalue weighted by Gasteiger charge is -2.11. The number of guanidine groups is 1. The Hall–Kier alpha value is -2.67. The third-order valence-electron chi connectivity index (χ3n) is 3.42. The van der Waals surface area contributed by atoms with Crippen molar-refractivity contribution in [1.82, 2.24) is 15.6 Å². The predicted molar refractivity (Wildman–Crippen MR) is 100 cm³/mol. The van der Waals surface area contributed by atoms with Gasteiger partial charge in [-0.2, -0.15) is 0 Å².